The van der Waals surface area contributed by atoms with Gasteiger partial charge in [0.1, 0.15) is 12.9 Å². The molecule has 0 aliphatic carbocycles. The number of hydrogen-bond acceptors (Lipinski definition) is 4. The van der Waals surface area contributed by atoms with Gasteiger partial charge >= 0.3 is 0 Å². The Bertz CT molecular complexity index is 331. The molecule has 1 aromatic rings. The van der Waals surface area contributed by atoms with Gasteiger partial charge in [0.25, 0.3) is 0 Å². The van der Waals surface area contributed by atoms with Crippen LogP contribution in [0.2, 0.25) is 0 Å². The van der Waals surface area contributed by atoms with Crippen molar-refractivity contribution in [3.8, 4) is 0 Å². The molecule has 0 saturated carbocycles. The van der Waals surface area contributed by atoms with Crippen molar-refractivity contribution in [1.29, 1.82) is 0 Å². The van der Waals surface area contributed by atoms with Crippen molar-refractivity contribution < 1.29 is 4.74 Å². The summed E-state index contributed by atoms with van der Waals surface area (Å²) < 4.78 is 7.81. The zero-order valence-electron chi connectivity index (χ0n) is 10.7. The number of hydrogen-bond donors (Lipinski definition) is 1. The van der Waals surface area contributed by atoms with E-state index in [2.05, 4.69) is 29.2 Å². The van der Waals surface area contributed by atoms with Crippen LogP contribution in [0.4, 0.5) is 0 Å². The molecule has 5 heteroatoms. The quantitative estimate of drug-likeness (QED) is 0.837. The van der Waals surface area contributed by atoms with Crippen molar-refractivity contribution in [2.45, 2.75) is 45.9 Å². The van der Waals surface area contributed by atoms with E-state index >= 15 is 0 Å². The summed E-state index contributed by atoms with van der Waals surface area (Å²) in [6, 6.07) is 0. The first-order valence-corrected chi connectivity index (χ1v) is 6.44. The van der Waals surface area contributed by atoms with Crippen LogP contribution >= 0.6 is 0 Å². The first-order valence-electron chi connectivity index (χ1n) is 6.44. The second-order valence-corrected chi connectivity index (χ2v) is 5.03. The fraction of sp³-hybridized carbons (Fsp3) is 0.833. The van der Waals surface area contributed by atoms with Gasteiger partial charge in [-0.05, 0) is 25.3 Å². The van der Waals surface area contributed by atoms with E-state index in [1.807, 2.05) is 4.68 Å². The van der Waals surface area contributed by atoms with E-state index in [9.17, 15) is 0 Å². The van der Waals surface area contributed by atoms with Crippen molar-refractivity contribution >= 4 is 0 Å². The summed E-state index contributed by atoms with van der Waals surface area (Å²) >= 11 is 0. The predicted molar refractivity (Wildman–Crippen MR) is 65.5 cm³/mol. The molecular weight excluding hydrogens is 216 g/mol. The first kappa shape index (κ1) is 12.5. The van der Waals surface area contributed by atoms with Crippen LogP contribution in [-0.2, 0) is 17.9 Å². The van der Waals surface area contributed by atoms with Gasteiger partial charge in [-0.1, -0.05) is 13.8 Å². The van der Waals surface area contributed by atoms with Crippen LogP contribution in [0, 0.1) is 5.92 Å². The van der Waals surface area contributed by atoms with E-state index in [0.29, 0.717) is 18.6 Å². The molecule has 0 spiro atoms. The maximum atomic E-state index is 5.86. The number of ether oxygens (including phenoxy) is 1. The Morgan fingerprint density at radius 2 is 2.47 bits per heavy atom. The van der Waals surface area contributed by atoms with Crippen molar-refractivity contribution in [2.24, 2.45) is 5.92 Å². The minimum absolute atomic E-state index is 0.327. The maximum absolute atomic E-state index is 5.86. The normalized spacial score (nSPS) is 21.0. The number of piperidine rings is 1. The topological polar surface area (TPSA) is 52.0 Å². The third-order valence-electron chi connectivity index (χ3n) is 2.93. The SMILES string of the molecule is CC(C)Cn1ncnc1CO[C@H]1CCCNC1. The molecule has 0 bridgehead atoms. The number of aromatic nitrogens is 3. The molecule has 17 heavy (non-hydrogen) atoms. The molecule has 2 heterocycles. The summed E-state index contributed by atoms with van der Waals surface area (Å²) in [5, 5.41) is 7.57. The van der Waals surface area contributed by atoms with Crippen LogP contribution in [0.1, 0.15) is 32.5 Å². The Balaban J connectivity index is 1.83. The van der Waals surface area contributed by atoms with Gasteiger partial charge < -0.3 is 10.1 Å². The minimum Gasteiger partial charge on any atom is -0.369 e. The summed E-state index contributed by atoms with van der Waals surface area (Å²) in [6.07, 6.45) is 4.28. The van der Waals surface area contributed by atoms with E-state index < -0.39 is 0 Å². The van der Waals surface area contributed by atoms with Gasteiger partial charge in [-0.25, -0.2) is 9.67 Å². The van der Waals surface area contributed by atoms with E-state index in [-0.39, 0.29) is 0 Å². The molecule has 0 unspecified atom stereocenters. The van der Waals surface area contributed by atoms with Crippen LogP contribution in [0.15, 0.2) is 6.33 Å². The van der Waals surface area contributed by atoms with Crippen molar-refractivity contribution in [3.63, 3.8) is 0 Å². The lowest BCUT2D eigenvalue weighted by molar-refractivity contribution is 0.0198. The predicted octanol–water partition coefficient (Wildman–Crippen LogP) is 1.20. The lowest BCUT2D eigenvalue weighted by Gasteiger charge is -2.22. The van der Waals surface area contributed by atoms with Crippen LogP contribution in [0.5, 0.6) is 0 Å². The van der Waals surface area contributed by atoms with E-state index in [1.54, 1.807) is 6.33 Å². The second kappa shape index (κ2) is 6.12. The zero-order valence-corrected chi connectivity index (χ0v) is 10.7. The molecule has 0 aromatic carbocycles. The van der Waals surface area contributed by atoms with E-state index in [0.717, 1.165) is 31.9 Å². The van der Waals surface area contributed by atoms with Gasteiger partial charge in [-0.3, -0.25) is 0 Å². The van der Waals surface area contributed by atoms with Gasteiger partial charge in [0, 0.05) is 13.1 Å². The monoisotopic (exact) mass is 238 g/mol. The van der Waals surface area contributed by atoms with Gasteiger partial charge in [0.05, 0.1) is 6.10 Å². The van der Waals surface area contributed by atoms with Crippen molar-refractivity contribution in [2.75, 3.05) is 13.1 Å². The van der Waals surface area contributed by atoms with Crippen LogP contribution in [0.25, 0.3) is 0 Å². The lowest BCUT2D eigenvalue weighted by atomic mass is 10.1. The fourth-order valence-corrected chi connectivity index (χ4v) is 2.05. The van der Waals surface area contributed by atoms with Gasteiger partial charge in [-0.2, -0.15) is 5.10 Å². The average molecular weight is 238 g/mol. The highest BCUT2D eigenvalue weighted by Crippen LogP contribution is 2.09. The molecule has 1 fully saturated rings. The molecule has 1 N–H and O–H groups in total. The Kier molecular flexibility index (Phi) is 4.50. The summed E-state index contributed by atoms with van der Waals surface area (Å²) in [4.78, 5) is 4.26. The third kappa shape index (κ3) is 3.78. The summed E-state index contributed by atoms with van der Waals surface area (Å²) in [6.45, 7) is 7.90. The molecule has 0 radical (unpaired) electrons. The molecule has 0 amide bonds. The fourth-order valence-electron chi connectivity index (χ4n) is 2.05. The molecule has 1 atom stereocenters. The number of nitrogens with zero attached hydrogens (tertiary/aromatic N) is 3. The van der Waals surface area contributed by atoms with Crippen LogP contribution in [0.3, 0.4) is 0 Å². The lowest BCUT2D eigenvalue weighted by Crippen LogP contribution is -2.35. The highest BCUT2D eigenvalue weighted by Gasteiger charge is 2.14. The molecule has 1 saturated heterocycles. The summed E-state index contributed by atoms with van der Waals surface area (Å²) in [5.41, 5.74) is 0. The van der Waals surface area contributed by atoms with Crippen LogP contribution < -0.4 is 5.32 Å². The first-order chi connectivity index (χ1) is 8.25. The molecule has 5 nitrogen and oxygen atoms in total. The Hall–Kier alpha value is -0.940. The Morgan fingerprint density at radius 3 is 3.18 bits per heavy atom. The third-order valence-corrected chi connectivity index (χ3v) is 2.93. The molecule has 1 aromatic heterocycles. The molecule has 1 aliphatic heterocycles. The molecular formula is C12H22N4O. The van der Waals surface area contributed by atoms with Gasteiger partial charge in [0.15, 0.2) is 5.82 Å². The minimum atomic E-state index is 0.327. The Labute approximate surface area is 103 Å². The second-order valence-electron chi connectivity index (χ2n) is 5.03. The highest BCUT2D eigenvalue weighted by molar-refractivity contribution is 4.82. The van der Waals surface area contributed by atoms with Gasteiger partial charge in [0.2, 0.25) is 0 Å². The van der Waals surface area contributed by atoms with Crippen molar-refractivity contribution in [3.05, 3.63) is 12.2 Å². The van der Waals surface area contributed by atoms with Crippen LogP contribution in [-0.4, -0.2) is 34.0 Å². The standard InChI is InChI=1S/C12H22N4O/c1-10(2)7-16-12(14-9-15-16)8-17-11-4-3-5-13-6-11/h9-11,13H,3-8H2,1-2H3/t11-/m0/s1. The highest BCUT2D eigenvalue weighted by atomic mass is 16.5. The molecule has 2 rings (SSSR count). The van der Waals surface area contributed by atoms with E-state index in [4.69, 9.17) is 4.74 Å². The average Bonchev–Trinajstić information content (AvgIpc) is 2.74. The van der Waals surface area contributed by atoms with Gasteiger partial charge in [-0.15, -0.1) is 0 Å². The summed E-state index contributed by atoms with van der Waals surface area (Å²) in [5.74, 6) is 1.51. The smallest absolute Gasteiger partial charge is 0.152 e. The maximum Gasteiger partial charge on any atom is 0.152 e. The summed E-state index contributed by atoms with van der Waals surface area (Å²) in [7, 11) is 0. The zero-order chi connectivity index (χ0) is 12.1. The molecule has 96 valence electrons. The Morgan fingerprint density at radius 1 is 1.59 bits per heavy atom. The largest absolute Gasteiger partial charge is 0.369 e. The molecule has 1 aliphatic rings. The number of rotatable bonds is 5. The van der Waals surface area contributed by atoms with E-state index in [1.165, 1.54) is 6.42 Å². The van der Waals surface area contributed by atoms with Crippen molar-refractivity contribution in [1.82, 2.24) is 20.1 Å². The number of nitrogens with one attached hydrogen (secondary N) is 1.